The van der Waals surface area contributed by atoms with Gasteiger partial charge < -0.3 is 15.1 Å². The number of furan rings is 1. The zero-order valence-electron chi connectivity index (χ0n) is 12.3. The van der Waals surface area contributed by atoms with E-state index in [0.29, 0.717) is 22.9 Å². The van der Waals surface area contributed by atoms with Crippen LogP contribution in [0.2, 0.25) is 0 Å². The van der Waals surface area contributed by atoms with E-state index < -0.39 is 0 Å². The fraction of sp³-hybridized carbons (Fsp3) is 0.250. The van der Waals surface area contributed by atoms with Crippen molar-refractivity contribution in [2.75, 3.05) is 7.05 Å². The maximum atomic E-state index is 12.4. The molecule has 0 saturated heterocycles. The molecule has 0 aliphatic carbocycles. The summed E-state index contributed by atoms with van der Waals surface area (Å²) in [7, 11) is 1.76. The Balaban J connectivity index is 2.16. The van der Waals surface area contributed by atoms with Crippen LogP contribution in [0.1, 0.15) is 33.0 Å². The van der Waals surface area contributed by atoms with E-state index in [0.717, 1.165) is 16.9 Å². The minimum Gasteiger partial charge on any atom is -0.466 e. The second-order valence-corrected chi connectivity index (χ2v) is 5.49. The van der Waals surface area contributed by atoms with Crippen LogP contribution in [-0.4, -0.2) is 22.8 Å². The Bertz CT molecular complexity index is 691. The molecule has 0 atom stereocenters. The van der Waals surface area contributed by atoms with Crippen molar-refractivity contribution in [3.8, 4) is 0 Å². The summed E-state index contributed by atoms with van der Waals surface area (Å²) < 4.78 is 5.41. The van der Waals surface area contributed by atoms with Gasteiger partial charge in [-0.05, 0) is 31.5 Å². The molecule has 4 nitrogen and oxygen atoms in total. The predicted molar refractivity (Wildman–Crippen MR) is 86.3 cm³/mol. The fourth-order valence-electron chi connectivity index (χ4n) is 2.22. The lowest BCUT2D eigenvalue weighted by atomic mass is 10.1. The second-order valence-electron chi connectivity index (χ2n) is 5.05. The lowest BCUT2D eigenvalue weighted by Gasteiger charge is -2.17. The van der Waals surface area contributed by atoms with E-state index in [1.165, 1.54) is 0 Å². The highest BCUT2D eigenvalue weighted by molar-refractivity contribution is 7.80. The molecule has 0 unspecified atom stereocenters. The summed E-state index contributed by atoms with van der Waals surface area (Å²) in [6, 6.07) is 9.35. The monoisotopic (exact) mass is 302 g/mol. The predicted octanol–water partition coefficient (Wildman–Crippen LogP) is 2.80. The molecule has 1 aromatic heterocycles. The Morgan fingerprint density at radius 1 is 1.33 bits per heavy atom. The molecule has 110 valence electrons. The van der Waals surface area contributed by atoms with Crippen LogP contribution in [0.25, 0.3) is 0 Å². The first-order chi connectivity index (χ1) is 9.88. The van der Waals surface area contributed by atoms with Crippen molar-refractivity contribution in [2.24, 2.45) is 5.73 Å². The van der Waals surface area contributed by atoms with Crippen LogP contribution in [0.3, 0.4) is 0 Å². The summed E-state index contributed by atoms with van der Waals surface area (Å²) in [4.78, 5) is 14.4. The Kier molecular flexibility index (Phi) is 4.43. The van der Waals surface area contributed by atoms with Crippen molar-refractivity contribution in [1.29, 1.82) is 0 Å². The van der Waals surface area contributed by atoms with Crippen molar-refractivity contribution < 1.29 is 9.21 Å². The molecule has 2 rings (SSSR count). The van der Waals surface area contributed by atoms with Crippen LogP contribution in [0, 0.1) is 13.8 Å². The van der Waals surface area contributed by atoms with Crippen molar-refractivity contribution in [1.82, 2.24) is 4.90 Å². The van der Waals surface area contributed by atoms with Gasteiger partial charge in [-0.2, -0.15) is 0 Å². The summed E-state index contributed by atoms with van der Waals surface area (Å²) >= 11 is 4.97. The first-order valence-corrected chi connectivity index (χ1v) is 7.00. The number of nitrogens with zero attached hydrogens (tertiary/aromatic N) is 1. The molecule has 0 saturated carbocycles. The molecular weight excluding hydrogens is 284 g/mol. The topological polar surface area (TPSA) is 59.5 Å². The maximum Gasteiger partial charge on any atom is 0.257 e. The van der Waals surface area contributed by atoms with Crippen LogP contribution < -0.4 is 5.73 Å². The first-order valence-electron chi connectivity index (χ1n) is 6.59. The summed E-state index contributed by atoms with van der Waals surface area (Å²) in [5.41, 5.74) is 8.01. The molecule has 2 N–H and O–H groups in total. The first kappa shape index (κ1) is 15.3. The molecule has 1 aromatic carbocycles. The number of hydrogen-bond acceptors (Lipinski definition) is 3. The van der Waals surface area contributed by atoms with E-state index in [2.05, 4.69) is 0 Å². The van der Waals surface area contributed by atoms with Gasteiger partial charge in [-0.25, -0.2) is 0 Å². The third-order valence-electron chi connectivity index (χ3n) is 3.25. The lowest BCUT2D eigenvalue weighted by Crippen LogP contribution is -2.26. The standard InChI is InChI=1S/C16H18N2O2S/c1-10-7-14(11(2)20-10)16(19)18(3)9-12-5-4-6-13(8-12)15(17)21/h4-8H,9H2,1-3H3,(H2,17,21). The van der Waals surface area contributed by atoms with Gasteiger partial charge in [-0.1, -0.05) is 30.4 Å². The summed E-state index contributed by atoms with van der Waals surface area (Å²) in [6.45, 7) is 4.11. The maximum absolute atomic E-state index is 12.4. The fourth-order valence-corrected chi connectivity index (χ4v) is 2.34. The number of hydrogen-bond donors (Lipinski definition) is 1. The number of nitrogens with two attached hydrogens (primary N) is 1. The van der Waals surface area contributed by atoms with Crippen LogP contribution >= 0.6 is 12.2 Å². The Morgan fingerprint density at radius 3 is 2.62 bits per heavy atom. The molecule has 0 bridgehead atoms. The minimum absolute atomic E-state index is 0.0647. The highest BCUT2D eigenvalue weighted by Crippen LogP contribution is 2.17. The quantitative estimate of drug-likeness (QED) is 0.882. The van der Waals surface area contributed by atoms with Crippen molar-refractivity contribution >= 4 is 23.1 Å². The van der Waals surface area contributed by atoms with Gasteiger partial charge >= 0.3 is 0 Å². The van der Waals surface area contributed by atoms with Gasteiger partial charge in [0.1, 0.15) is 16.5 Å². The molecule has 1 amide bonds. The van der Waals surface area contributed by atoms with Crippen molar-refractivity contribution in [2.45, 2.75) is 20.4 Å². The normalized spacial score (nSPS) is 10.4. The van der Waals surface area contributed by atoms with Crippen LogP contribution in [0.5, 0.6) is 0 Å². The van der Waals surface area contributed by atoms with E-state index >= 15 is 0 Å². The number of carbonyl (C=O) groups is 1. The van der Waals surface area contributed by atoms with Gasteiger partial charge in [0.05, 0.1) is 5.56 Å². The van der Waals surface area contributed by atoms with Crippen molar-refractivity contribution in [3.05, 3.63) is 58.5 Å². The zero-order chi connectivity index (χ0) is 15.6. The molecule has 21 heavy (non-hydrogen) atoms. The molecule has 0 spiro atoms. The zero-order valence-corrected chi connectivity index (χ0v) is 13.2. The third-order valence-corrected chi connectivity index (χ3v) is 3.49. The largest absolute Gasteiger partial charge is 0.466 e. The number of carbonyl (C=O) groups excluding carboxylic acids is 1. The molecular formula is C16H18N2O2S. The van der Waals surface area contributed by atoms with Gasteiger partial charge in [0.25, 0.3) is 5.91 Å². The average molecular weight is 302 g/mol. The molecule has 0 radical (unpaired) electrons. The van der Waals surface area contributed by atoms with Gasteiger partial charge in [0.15, 0.2) is 0 Å². The lowest BCUT2D eigenvalue weighted by molar-refractivity contribution is 0.0783. The Morgan fingerprint density at radius 2 is 2.05 bits per heavy atom. The third kappa shape index (κ3) is 3.49. The van der Waals surface area contributed by atoms with Crippen LogP contribution in [0.4, 0.5) is 0 Å². The van der Waals surface area contributed by atoms with E-state index in [4.69, 9.17) is 22.4 Å². The van der Waals surface area contributed by atoms with Gasteiger partial charge in [0, 0.05) is 19.2 Å². The number of aryl methyl sites for hydroxylation is 2. The van der Waals surface area contributed by atoms with Crippen LogP contribution in [0.15, 0.2) is 34.7 Å². The second kappa shape index (κ2) is 6.10. The summed E-state index contributed by atoms with van der Waals surface area (Å²) in [6.07, 6.45) is 0. The Hall–Kier alpha value is -2.14. The number of amides is 1. The molecule has 0 fully saturated rings. The van der Waals surface area contributed by atoms with Gasteiger partial charge in [-0.3, -0.25) is 4.79 Å². The number of thiocarbonyl (C=S) groups is 1. The smallest absolute Gasteiger partial charge is 0.257 e. The van der Waals surface area contributed by atoms with Gasteiger partial charge in [-0.15, -0.1) is 0 Å². The van der Waals surface area contributed by atoms with Crippen LogP contribution in [-0.2, 0) is 6.54 Å². The Labute approximate surface area is 129 Å². The highest BCUT2D eigenvalue weighted by atomic mass is 32.1. The molecule has 0 aliphatic rings. The molecule has 1 heterocycles. The van der Waals surface area contributed by atoms with E-state index in [1.807, 2.05) is 31.2 Å². The van der Waals surface area contributed by atoms with Gasteiger partial charge in [0.2, 0.25) is 0 Å². The SMILES string of the molecule is Cc1cc(C(=O)N(C)Cc2cccc(C(N)=S)c2)c(C)o1. The number of rotatable bonds is 4. The average Bonchev–Trinajstić information content (AvgIpc) is 2.77. The molecule has 5 heteroatoms. The van der Waals surface area contributed by atoms with E-state index in [-0.39, 0.29) is 5.91 Å². The number of benzene rings is 1. The summed E-state index contributed by atoms with van der Waals surface area (Å²) in [5.74, 6) is 1.31. The molecule has 2 aromatic rings. The van der Waals surface area contributed by atoms with E-state index in [9.17, 15) is 4.79 Å². The van der Waals surface area contributed by atoms with E-state index in [1.54, 1.807) is 24.9 Å². The highest BCUT2D eigenvalue weighted by Gasteiger charge is 2.17. The minimum atomic E-state index is -0.0647. The summed E-state index contributed by atoms with van der Waals surface area (Å²) in [5, 5.41) is 0. The van der Waals surface area contributed by atoms with Crippen molar-refractivity contribution in [3.63, 3.8) is 0 Å². The molecule has 0 aliphatic heterocycles.